The van der Waals surface area contributed by atoms with Crippen LogP contribution in [0.2, 0.25) is 0 Å². The van der Waals surface area contributed by atoms with Crippen LogP contribution in [0.4, 0.5) is 10.1 Å². The summed E-state index contributed by atoms with van der Waals surface area (Å²) in [4.78, 5) is 14.7. The first-order valence-electron chi connectivity index (χ1n) is 7.49. The Balaban J connectivity index is 1.94. The third-order valence-electron chi connectivity index (χ3n) is 3.86. The second-order valence-electron chi connectivity index (χ2n) is 5.72. The van der Waals surface area contributed by atoms with E-state index in [0.717, 1.165) is 11.3 Å². The number of benzene rings is 2. The molecule has 23 heavy (non-hydrogen) atoms. The van der Waals surface area contributed by atoms with Gasteiger partial charge in [-0.2, -0.15) is 0 Å². The topological polar surface area (TPSA) is 29.5 Å². The molecule has 0 N–H and O–H groups in total. The zero-order valence-electron chi connectivity index (χ0n) is 13.2. The van der Waals surface area contributed by atoms with Crippen LogP contribution >= 0.6 is 0 Å². The summed E-state index contributed by atoms with van der Waals surface area (Å²) >= 11 is 0. The van der Waals surface area contributed by atoms with Crippen LogP contribution in [0, 0.1) is 5.82 Å². The number of Topliss-reactive ketones (excluding diaryl/α,β-unsaturated/α-hetero) is 1. The Bertz CT molecular complexity index is 763. The highest BCUT2D eigenvalue weighted by atomic mass is 19.1. The number of hydrogen-bond donors (Lipinski definition) is 0. The number of ether oxygens (including phenoxy) is 1. The number of carbonyl (C=O) groups is 1. The van der Waals surface area contributed by atoms with E-state index in [4.69, 9.17) is 4.74 Å². The first kappa shape index (κ1) is 15.3. The molecule has 0 spiro atoms. The minimum Gasteiger partial charge on any atom is -0.492 e. The van der Waals surface area contributed by atoms with Crippen molar-refractivity contribution in [3.8, 4) is 5.75 Å². The van der Waals surface area contributed by atoms with Crippen LogP contribution in [0.25, 0.3) is 6.08 Å². The summed E-state index contributed by atoms with van der Waals surface area (Å²) in [5.74, 6) is -0.159. The van der Waals surface area contributed by atoms with Crippen molar-refractivity contribution in [1.29, 1.82) is 0 Å². The van der Waals surface area contributed by atoms with E-state index >= 15 is 0 Å². The lowest BCUT2D eigenvalue weighted by atomic mass is 9.99. The van der Waals surface area contributed by atoms with E-state index in [-0.39, 0.29) is 5.78 Å². The Morgan fingerprint density at radius 2 is 1.87 bits per heavy atom. The van der Waals surface area contributed by atoms with Gasteiger partial charge in [0.15, 0.2) is 5.78 Å². The molecule has 118 valence electrons. The molecule has 0 atom stereocenters. The van der Waals surface area contributed by atoms with Gasteiger partial charge in [-0.15, -0.1) is 0 Å². The fourth-order valence-corrected chi connectivity index (χ4v) is 2.57. The molecule has 0 fully saturated rings. The van der Waals surface area contributed by atoms with E-state index < -0.39 is 5.82 Å². The van der Waals surface area contributed by atoms with Gasteiger partial charge >= 0.3 is 0 Å². The van der Waals surface area contributed by atoms with Gasteiger partial charge in [-0.05, 0) is 42.0 Å². The molecule has 0 bridgehead atoms. The predicted molar refractivity (Wildman–Crippen MR) is 89.6 cm³/mol. The Hall–Kier alpha value is -2.62. The molecule has 0 saturated carbocycles. The Morgan fingerprint density at radius 1 is 1.13 bits per heavy atom. The summed E-state index contributed by atoms with van der Waals surface area (Å²) < 4.78 is 19.0. The standard InChI is InChI=1S/C19H18FNO2/c1-21(2)16-6-3-13(4-7-16)11-14-9-10-23-18-8-5-15(20)12-17(18)19(14)22/h3-8,11-12H,9-10H2,1-2H3/b14-11+. The Kier molecular flexibility index (Phi) is 4.15. The van der Waals surface area contributed by atoms with Crippen LogP contribution in [0.1, 0.15) is 22.3 Å². The van der Waals surface area contributed by atoms with E-state index in [1.54, 1.807) is 0 Å². The molecule has 2 aromatic rings. The van der Waals surface area contributed by atoms with Crippen molar-refractivity contribution < 1.29 is 13.9 Å². The summed E-state index contributed by atoms with van der Waals surface area (Å²) in [6.45, 7) is 0.409. The highest BCUT2D eigenvalue weighted by Gasteiger charge is 2.21. The van der Waals surface area contributed by atoms with E-state index in [1.165, 1.54) is 18.2 Å². The number of rotatable bonds is 2. The van der Waals surface area contributed by atoms with Crippen molar-refractivity contribution in [3.63, 3.8) is 0 Å². The van der Waals surface area contributed by atoms with Gasteiger partial charge in [0, 0.05) is 31.8 Å². The van der Waals surface area contributed by atoms with Gasteiger partial charge < -0.3 is 9.64 Å². The summed E-state index contributed by atoms with van der Waals surface area (Å²) in [5, 5.41) is 0. The van der Waals surface area contributed by atoms with E-state index in [2.05, 4.69) is 0 Å². The van der Waals surface area contributed by atoms with Gasteiger partial charge in [-0.1, -0.05) is 12.1 Å². The quantitative estimate of drug-likeness (QED) is 0.787. The highest BCUT2D eigenvalue weighted by molar-refractivity contribution is 6.13. The molecular weight excluding hydrogens is 293 g/mol. The summed E-state index contributed by atoms with van der Waals surface area (Å²) in [7, 11) is 3.95. The van der Waals surface area contributed by atoms with Crippen molar-refractivity contribution >= 4 is 17.5 Å². The van der Waals surface area contributed by atoms with Gasteiger partial charge in [0.25, 0.3) is 0 Å². The Morgan fingerprint density at radius 3 is 2.57 bits per heavy atom. The van der Waals surface area contributed by atoms with Gasteiger partial charge in [0.2, 0.25) is 0 Å². The maximum Gasteiger partial charge on any atom is 0.192 e. The first-order valence-corrected chi connectivity index (χ1v) is 7.49. The second-order valence-corrected chi connectivity index (χ2v) is 5.72. The van der Waals surface area contributed by atoms with Crippen LogP contribution in [0.5, 0.6) is 5.75 Å². The van der Waals surface area contributed by atoms with Crippen molar-refractivity contribution in [3.05, 3.63) is 65.0 Å². The number of halogens is 1. The fourth-order valence-electron chi connectivity index (χ4n) is 2.57. The zero-order valence-corrected chi connectivity index (χ0v) is 13.2. The maximum atomic E-state index is 13.4. The normalized spacial score (nSPS) is 15.8. The van der Waals surface area contributed by atoms with E-state index in [0.29, 0.717) is 29.9 Å². The van der Waals surface area contributed by atoms with Gasteiger partial charge in [0.1, 0.15) is 11.6 Å². The van der Waals surface area contributed by atoms with E-state index in [1.807, 2.05) is 49.3 Å². The largest absolute Gasteiger partial charge is 0.492 e. The minimum atomic E-state index is -0.433. The lowest BCUT2D eigenvalue weighted by Gasteiger charge is -2.12. The number of carbonyl (C=O) groups excluding carboxylic acids is 1. The lowest BCUT2D eigenvalue weighted by Crippen LogP contribution is -2.08. The molecule has 1 aliphatic heterocycles. The van der Waals surface area contributed by atoms with Crippen molar-refractivity contribution in [2.45, 2.75) is 6.42 Å². The molecular formula is C19H18FNO2. The molecule has 0 aliphatic carbocycles. The molecule has 0 unspecified atom stereocenters. The molecule has 0 amide bonds. The molecule has 0 aromatic heterocycles. The SMILES string of the molecule is CN(C)c1ccc(/C=C2\CCOc3ccc(F)cc3C2=O)cc1. The van der Waals surface area contributed by atoms with Gasteiger partial charge in [0.05, 0.1) is 12.2 Å². The number of hydrogen-bond acceptors (Lipinski definition) is 3. The molecule has 1 aliphatic rings. The van der Waals surface area contributed by atoms with Crippen molar-refractivity contribution in [2.75, 3.05) is 25.6 Å². The number of fused-ring (bicyclic) bond motifs is 1. The molecule has 0 saturated heterocycles. The Labute approximate surface area is 135 Å². The minimum absolute atomic E-state index is 0.173. The molecule has 3 rings (SSSR count). The number of anilines is 1. The summed E-state index contributed by atoms with van der Waals surface area (Å²) in [5.41, 5.74) is 2.96. The predicted octanol–water partition coefficient (Wildman–Crippen LogP) is 3.94. The van der Waals surface area contributed by atoms with Crippen molar-refractivity contribution in [2.24, 2.45) is 0 Å². The molecule has 3 nitrogen and oxygen atoms in total. The lowest BCUT2D eigenvalue weighted by molar-refractivity contribution is 0.103. The van der Waals surface area contributed by atoms with Crippen LogP contribution in [0.15, 0.2) is 48.0 Å². The smallest absolute Gasteiger partial charge is 0.192 e. The molecule has 2 aromatic carbocycles. The van der Waals surface area contributed by atoms with Gasteiger partial charge in [-0.25, -0.2) is 4.39 Å². The summed E-state index contributed by atoms with van der Waals surface area (Å²) in [6.07, 6.45) is 2.36. The highest BCUT2D eigenvalue weighted by Crippen LogP contribution is 2.28. The van der Waals surface area contributed by atoms with Crippen molar-refractivity contribution in [1.82, 2.24) is 0 Å². The molecule has 0 radical (unpaired) electrons. The zero-order chi connectivity index (χ0) is 16.4. The second kappa shape index (κ2) is 6.24. The van der Waals surface area contributed by atoms with E-state index in [9.17, 15) is 9.18 Å². The van der Waals surface area contributed by atoms with Crippen LogP contribution in [0.3, 0.4) is 0 Å². The first-order chi connectivity index (χ1) is 11.0. The average molecular weight is 311 g/mol. The third kappa shape index (κ3) is 3.26. The summed E-state index contributed by atoms with van der Waals surface area (Å²) in [6, 6.07) is 12.0. The van der Waals surface area contributed by atoms with Crippen LogP contribution in [-0.2, 0) is 0 Å². The number of ketones is 1. The monoisotopic (exact) mass is 311 g/mol. The third-order valence-corrected chi connectivity index (χ3v) is 3.86. The fraction of sp³-hybridized carbons (Fsp3) is 0.211. The number of nitrogens with zero attached hydrogens (tertiary/aromatic N) is 1. The average Bonchev–Trinajstić information content (AvgIpc) is 2.68. The van der Waals surface area contributed by atoms with Gasteiger partial charge in [-0.3, -0.25) is 4.79 Å². The molecule has 1 heterocycles. The van der Waals surface area contributed by atoms with Crippen LogP contribution in [-0.4, -0.2) is 26.5 Å². The molecule has 4 heteroatoms. The van der Waals surface area contributed by atoms with Crippen LogP contribution < -0.4 is 9.64 Å². The maximum absolute atomic E-state index is 13.4.